The van der Waals surface area contributed by atoms with Crippen molar-refractivity contribution in [3.8, 4) is 0 Å². The van der Waals surface area contributed by atoms with Gasteiger partial charge in [0.15, 0.2) is 11.6 Å². The van der Waals surface area contributed by atoms with Gasteiger partial charge in [-0.3, -0.25) is 4.98 Å². The van der Waals surface area contributed by atoms with Gasteiger partial charge in [-0.1, -0.05) is 0 Å². The first-order valence-corrected chi connectivity index (χ1v) is 7.99. The van der Waals surface area contributed by atoms with E-state index in [1.54, 1.807) is 43.6 Å². The number of hydrogen-bond donors (Lipinski definition) is 3. The highest BCUT2D eigenvalue weighted by Crippen LogP contribution is 2.28. The second kappa shape index (κ2) is 7.93. The summed E-state index contributed by atoms with van der Waals surface area (Å²) in [5.74, 6) is 0.585. The highest BCUT2D eigenvalue weighted by atomic mass is 16.5. The number of benzene rings is 1. The van der Waals surface area contributed by atoms with Crippen molar-refractivity contribution in [3.63, 3.8) is 0 Å². The summed E-state index contributed by atoms with van der Waals surface area (Å²) in [7, 11) is 0. The molecule has 0 aliphatic heterocycles. The molecular formula is C18H18N6O2. The predicted octanol–water partition coefficient (Wildman–Crippen LogP) is 3.12. The van der Waals surface area contributed by atoms with Crippen molar-refractivity contribution in [3.05, 3.63) is 60.7 Å². The number of esters is 1. The molecule has 0 spiro atoms. The SMILES string of the molecule is CCOC(=O)c1ccc(Nc2ncnc(Nc3ccncc3)c2N)cc1. The number of nitrogens with two attached hydrogens (primary N) is 1. The summed E-state index contributed by atoms with van der Waals surface area (Å²) in [5, 5.41) is 6.24. The smallest absolute Gasteiger partial charge is 0.338 e. The third kappa shape index (κ3) is 4.04. The molecule has 0 fully saturated rings. The van der Waals surface area contributed by atoms with Gasteiger partial charge in [-0.25, -0.2) is 14.8 Å². The van der Waals surface area contributed by atoms with Crippen LogP contribution in [-0.4, -0.2) is 27.5 Å². The Hall–Kier alpha value is -3.68. The van der Waals surface area contributed by atoms with Gasteiger partial charge in [-0.05, 0) is 43.3 Å². The lowest BCUT2D eigenvalue weighted by Crippen LogP contribution is -2.06. The van der Waals surface area contributed by atoms with Crippen LogP contribution >= 0.6 is 0 Å². The lowest BCUT2D eigenvalue weighted by Gasteiger charge is -2.12. The van der Waals surface area contributed by atoms with Crippen LogP contribution in [0.15, 0.2) is 55.1 Å². The van der Waals surface area contributed by atoms with Crippen LogP contribution in [0.4, 0.5) is 28.7 Å². The van der Waals surface area contributed by atoms with E-state index in [9.17, 15) is 4.79 Å². The predicted molar refractivity (Wildman–Crippen MR) is 99.6 cm³/mol. The quantitative estimate of drug-likeness (QED) is 0.581. The molecule has 3 rings (SSSR count). The number of hydrogen-bond acceptors (Lipinski definition) is 8. The maximum atomic E-state index is 11.7. The monoisotopic (exact) mass is 350 g/mol. The van der Waals surface area contributed by atoms with Gasteiger partial charge < -0.3 is 21.1 Å². The molecule has 0 bridgehead atoms. The van der Waals surface area contributed by atoms with E-state index in [0.29, 0.717) is 29.5 Å². The van der Waals surface area contributed by atoms with Crippen LogP contribution in [0.5, 0.6) is 0 Å². The minimum atomic E-state index is -0.357. The summed E-state index contributed by atoms with van der Waals surface area (Å²) in [5.41, 5.74) is 8.56. The van der Waals surface area contributed by atoms with Gasteiger partial charge >= 0.3 is 5.97 Å². The molecule has 2 heterocycles. The Morgan fingerprint density at radius 3 is 2.15 bits per heavy atom. The Morgan fingerprint density at radius 2 is 1.58 bits per heavy atom. The number of pyridine rings is 1. The number of carbonyl (C=O) groups excluding carboxylic acids is 1. The lowest BCUT2D eigenvalue weighted by molar-refractivity contribution is 0.0526. The minimum absolute atomic E-state index is 0.337. The fourth-order valence-electron chi connectivity index (χ4n) is 2.21. The van der Waals surface area contributed by atoms with E-state index in [1.807, 2.05) is 12.1 Å². The average Bonchev–Trinajstić information content (AvgIpc) is 2.66. The van der Waals surface area contributed by atoms with Crippen molar-refractivity contribution < 1.29 is 9.53 Å². The Morgan fingerprint density at radius 1 is 1.00 bits per heavy atom. The van der Waals surface area contributed by atoms with Gasteiger partial charge in [0.1, 0.15) is 12.0 Å². The number of nitrogens with one attached hydrogen (secondary N) is 2. The molecule has 0 aliphatic rings. The molecule has 0 amide bonds. The zero-order chi connectivity index (χ0) is 18.4. The second-order valence-electron chi connectivity index (χ2n) is 5.27. The zero-order valence-corrected chi connectivity index (χ0v) is 14.1. The molecule has 1 aromatic carbocycles. The van der Waals surface area contributed by atoms with E-state index >= 15 is 0 Å². The van der Waals surface area contributed by atoms with E-state index < -0.39 is 0 Å². The number of nitrogen functional groups attached to an aromatic ring is 1. The van der Waals surface area contributed by atoms with Crippen molar-refractivity contribution >= 4 is 34.7 Å². The molecule has 3 aromatic rings. The molecule has 0 atom stereocenters. The molecule has 4 N–H and O–H groups in total. The van der Waals surface area contributed by atoms with Crippen molar-refractivity contribution in [2.45, 2.75) is 6.92 Å². The average molecular weight is 350 g/mol. The Bertz CT molecular complexity index is 884. The number of rotatable bonds is 6. The van der Waals surface area contributed by atoms with Gasteiger partial charge in [0, 0.05) is 23.8 Å². The lowest BCUT2D eigenvalue weighted by atomic mass is 10.2. The van der Waals surface area contributed by atoms with E-state index in [1.165, 1.54) is 6.33 Å². The molecule has 8 nitrogen and oxygen atoms in total. The number of carbonyl (C=O) groups is 1. The zero-order valence-electron chi connectivity index (χ0n) is 14.1. The highest BCUT2D eigenvalue weighted by Gasteiger charge is 2.10. The molecule has 8 heteroatoms. The molecule has 0 unspecified atom stereocenters. The Balaban J connectivity index is 1.76. The summed E-state index contributed by atoms with van der Waals surface area (Å²) in [4.78, 5) is 24.0. The van der Waals surface area contributed by atoms with Gasteiger partial charge in [0.2, 0.25) is 0 Å². The molecule has 0 saturated heterocycles. The van der Waals surface area contributed by atoms with E-state index in [2.05, 4.69) is 25.6 Å². The fraction of sp³-hybridized carbons (Fsp3) is 0.111. The van der Waals surface area contributed by atoms with Crippen LogP contribution in [0.3, 0.4) is 0 Å². The normalized spacial score (nSPS) is 10.2. The molecular weight excluding hydrogens is 332 g/mol. The third-order valence-electron chi connectivity index (χ3n) is 3.49. The minimum Gasteiger partial charge on any atom is -0.462 e. The first-order chi connectivity index (χ1) is 12.7. The van der Waals surface area contributed by atoms with Crippen LogP contribution in [-0.2, 0) is 4.74 Å². The number of ether oxygens (including phenoxy) is 1. The molecule has 0 radical (unpaired) electrons. The third-order valence-corrected chi connectivity index (χ3v) is 3.49. The molecule has 0 aliphatic carbocycles. The first kappa shape index (κ1) is 17.2. The topological polar surface area (TPSA) is 115 Å². The van der Waals surface area contributed by atoms with Gasteiger partial charge in [0.25, 0.3) is 0 Å². The first-order valence-electron chi connectivity index (χ1n) is 7.99. The van der Waals surface area contributed by atoms with Crippen LogP contribution in [0.1, 0.15) is 17.3 Å². The molecule has 0 saturated carbocycles. The van der Waals surface area contributed by atoms with Crippen LogP contribution in [0.2, 0.25) is 0 Å². The Labute approximate surface area is 150 Å². The molecule has 2 aromatic heterocycles. The van der Waals surface area contributed by atoms with Crippen LogP contribution in [0, 0.1) is 0 Å². The van der Waals surface area contributed by atoms with E-state index in [0.717, 1.165) is 11.4 Å². The van der Waals surface area contributed by atoms with Crippen molar-refractivity contribution in [2.75, 3.05) is 23.0 Å². The summed E-state index contributed by atoms with van der Waals surface area (Å²) in [6.07, 6.45) is 4.75. The van der Waals surface area contributed by atoms with Crippen molar-refractivity contribution in [1.29, 1.82) is 0 Å². The van der Waals surface area contributed by atoms with Crippen molar-refractivity contribution in [2.24, 2.45) is 0 Å². The molecule has 26 heavy (non-hydrogen) atoms. The summed E-state index contributed by atoms with van der Waals surface area (Å²) < 4.78 is 4.96. The van der Waals surface area contributed by atoms with Crippen molar-refractivity contribution in [1.82, 2.24) is 15.0 Å². The van der Waals surface area contributed by atoms with E-state index in [4.69, 9.17) is 10.5 Å². The molecule has 132 valence electrons. The van der Waals surface area contributed by atoms with Gasteiger partial charge in [-0.2, -0.15) is 0 Å². The maximum Gasteiger partial charge on any atom is 0.338 e. The largest absolute Gasteiger partial charge is 0.462 e. The summed E-state index contributed by atoms with van der Waals surface area (Å²) in [6, 6.07) is 10.5. The standard InChI is InChI=1S/C18H18N6O2/c1-2-26-18(25)12-3-5-13(6-4-12)23-16-15(19)17(22-11-21-16)24-14-7-9-20-10-8-14/h3-11H,2,19H2,1H3,(H2,20,21,22,23,24). The Kier molecular flexibility index (Phi) is 5.23. The van der Waals surface area contributed by atoms with Crippen LogP contribution < -0.4 is 16.4 Å². The maximum absolute atomic E-state index is 11.7. The van der Waals surface area contributed by atoms with Gasteiger partial charge in [-0.15, -0.1) is 0 Å². The second-order valence-corrected chi connectivity index (χ2v) is 5.27. The van der Waals surface area contributed by atoms with E-state index in [-0.39, 0.29) is 5.97 Å². The fourth-order valence-corrected chi connectivity index (χ4v) is 2.21. The summed E-state index contributed by atoms with van der Waals surface area (Å²) in [6.45, 7) is 2.10. The highest BCUT2D eigenvalue weighted by molar-refractivity contribution is 5.90. The van der Waals surface area contributed by atoms with Gasteiger partial charge in [0.05, 0.1) is 12.2 Å². The van der Waals surface area contributed by atoms with Crippen LogP contribution in [0.25, 0.3) is 0 Å². The summed E-state index contributed by atoms with van der Waals surface area (Å²) >= 11 is 0. The number of anilines is 5. The number of aromatic nitrogens is 3. The number of nitrogens with zero attached hydrogens (tertiary/aromatic N) is 3.